The van der Waals surface area contributed by atoms with Crippen LogP contribution in [0.15, 0.2) is 0 Å². The maximum atomic E-state index is 12.0. The SMILES string of the molecule is NC(=O)[C@H](NC(=O)[C@@H]1CCC(=O)N1)C1CCCCC1. The molecule has 1 aliphatic heterocycles. The second kappa shape index (κ2) is 6.04. The number of primary amides is 1. The van der Waals surface area contributed by atoms with E-state index in [0.29, 0.717) is 12.8 Å². The standard InChI is InChI=1S/C13H21N3O3/c14-12(18)11(8-4-2-1-3-5-8)16-13(19)9-6-7-10(17)15-9/h8-9,11H,1-7H2,(H2,14,18)(H,15,17)(H,16,19)/t9-,11+/m0/s1. The fourth-order valence-corrected chi connectivity index (χ4v) is 2.95. The van der Waals surface area contributed by atoms with Crippen molar-refractivity contribution in [2.75, 3.05) is 0 Å². The summed E-state index contributed by atoms with van der Waals surface area (Å²) in [5, 5.41) is 5.32. The predicted molar refractivity (Wildman–Crippen MR) is 68.9 cm³/mol. The van der Waals surface area contributed by atoms with Gasteiger partial charge in [-0.25, -0.2) is 0 Å². The van der Waals surface area contributed by atoms with Crippen molar-refractivity contribution in [2.24, 2.45) is 11.7 Å². The second-order valence-corrected chi connectivity index (χ2v) is 5.45. The highest BCUT2D eigenvalue weighted by atomic mass is 16.2. The molecule has 1 aliphatic carbocycles. The first kappa shape index (κ1) is 13.8. The van der Waals surface area contributed by atoms with Gasteiger partial charge in [0.1, 0.15) is 12.1 Å². The number of amides is 3. The Bertz CT molecular complexity index is 377. The molecule has 106 valence electrons. The maximum absolute atomic E-state index is 12.0. The van der Waals surface area contributed by atoms with Crippen molar-refractivity contribution in [1.29, 1.82) is 0 Å². The topological polar surface area (TPSA) is 101 Å². The molecule has 6 heteroatoms. The monoisotopic (exact) mass is 267 g/mol. The van der Waals surface area contributed by atoms with Crippen molar-refractivity contribution < 1.29 is 14.4 Å². The minimum absolute atomic E-state index is 0.117. The van der Waals surface area contributed by atoms with Crippen LogP contribution in [-0.4, -0.2) is 29.8 Å². The Morgan fingerprint density at radius 2 is 1.89 bits per heavy atom. The van der Waals surface area contributed by atoms with Gasteiger partial charge in [-0.15, -0.1) is 0 Å². The van der Waals surface area contributed by atoms with Gasteiger partial charge in [0.05, 0.1) is 0 Å². The van der Waals surface area contributed by atoms with Gasteiger partial charge in [0.15, 0.2) is 0 Å². The van der Waals surface area contributed by atoms with Crippen LogP contribution >= 0.6 is 0 Å². The Hall–Kier alpha value is -1.59. The second-order valence-electron chi connectivity index (χ2n) is 5.45. The summed E-state index contributed by atoms with van der Waals surface area (Å²) in [5.74, 6) is -0.759. The molecule has 3 amide bonds. The maximum Gasteiger partial charge on any atom is 0.243 e. The van der Waals surface area contributed by atoms with Gasteiger partial charge in [-0.3, -0.25) is 14.4 Å². The zero-order chi connectivity index (χ0) is 13.8. The van der Waals surface area contributed by atoms with E-state index in [1.54, 1.807) is 0 Å². The van der Waals surface area contributed by atoms with Gasteiger partial charge in [-0.1, -0.05) is 19.3 Å². The van der Waals surface area contributed by atoms with Crippen LogP contribution in [0.1, 0.15) is 44.9 Å². The molecular formula is C13H21N3O3. The molecule has 1 saturated carbocycles. The number of nitrogens with two attached hydrogens (primary N) is 1. The quantitative estimate of drug-likeness (QED) is 0.658. The van der Waals surface area contributed by atoms with E-state index < -0.39 is 18.0 Å². The summed E-state index contributed by atoms with van der Waals surface area (Å²) in [7, 11) is 0. The van der Waals surface area contributed by atoms with Crippen molar-refractivity contribution in [3.8, 4) is 0 Å². The third kappa shape index (κ3) is 3.45. The van der Waals surface area contributed by atoms with Crippen LogP contribution in [0.4, 0.5) is 0 Å². The zero-order valence-corrected chi connectivity index (χ0v) is 11.0. The molecule has 6 nitrogen and oxygen atoms in total. The fourth-order valence-electron chi connectivity index (χ4n) is 2.95. The molecule has 2 atom stereocenters. The van der Waals surface area contributed by atoms with Crippen LogP contribution in [0.5, 0.6) is 0 Å². The summed E-state index contributed by atoms with van der Waals surface area (Å²) >= 11 is 0. The molecule has 2 rings (SSSR count). The highest BCUT2D eigenvalue weighted by Gasteiger charge is 2.33. The minimum Gasteiger partial charge on any atom is -0.368 e. The molecule has 4 N–H and O–H groups in total. The van der Waals surface area contributed by atoms with Crippen LogP contribution in [0.25, 0.3) is 0 Å². The van der Waals surface area contributed by atoms with Crippen molar-refractivity contribution in [3.05, 3.63) is 0 Å². The lowest BCUT2D eigenvalue weighted by atomic mass is 9.83. The molecule has 2 fully saturated rings. The van der Waals surface area contributed by atoms with Gasteiger partial charge in [0.2, 0.25) is 17.7 Å². The number of hydrogen-bond donors (Lipinski definition) is 3. The average Bonchev–Trinajstić information content (AvgIpc) is 2.83. The van der Waals surface area contributed by atoms with E-state index >= 15 is 0 Å². The summed E-state index contributed by atoms with van der Waals surface area (Å²) in [6.45, 7) is 0. The molecular weight excluding hydrogens is 246 g/mol. The number of carbonyl (C=O) groups excluding carboxylic acids is 3. The van der Waals surface area contributed by atoms with E-state index in [2.05, 4.69) is 10.6 Å². The van der Waals surface area contributed by atoms with E-state index in [0.717, 1.165) is 25.7 Å². The molecule has 19 heavy (non-hydrogen) atoms. The third-order valence-corrected chi connectivity index (χ3v) is 4.04. The molecule has 0 aromatic heterocycles. The van der Waals surface area contributed by atoms with Crippen LogP contribution in [0, 0.1) is 5.92 Å². The summed E-state index contributed by atoms with van der Waals surface area (Å²) in [6.07, 6.45) is 6.02. The highest BCUT2D eigenvalue weighted by Crippen LogP contribution is 2.26. The molecule has 0 aromatic carbocycles. The van der Waals surface area contributed by atoms with Gasteiger partial charge >= 0.3 is 0 Å². The lowest BCUT2D eigenvalue weighted by Crippen LogP contribution is -2.54. The van der Waals surface area contributed by atoms with Gasteiger partial charge in [-0.2, -0.15) is 0 Å². The number of nitrogens with one attached hydrogen (secondary N) is 2. The Balaban J connectivity index is 1.94. The summed E-state index contributed by atoms with van der Waals surface area (Å²) < 4.78 is 0. The van der Waals surface area contributed by atoms with Gasteiger partial charge in [0, 0.05) is 6.42 Å². The normalized spacial score (nSPS) is 25.7. The smallest absolute Gasteiger partial charge is 0.243 e. The molecule has 0 unspecified atom stereocenters. The largest absolute Gasteiger partial charge is 0.368 e. The molecule has 2 aliphatic rings. The number of rotatable bonds is 4. The average molecular weight is 267 g/mol. The molecule has 0 bridgehead atoms. The van der Waals surface area contributed by atoms with Crippen molar-refractivity contribution in [1.82, 2.24) is 10.6 Å². The lowest BCUT2D eigenvalue weighted by Gasteiger charge is -2.29. The minimum atomic E-state index is -0.606. The summed E-state index contributed by atoms with van der Waals surface area (Å²) in [5.41, 5.74) is 5.40. The fraction of sp³-hybridized carbons (Fsp3) is 0.769. The van der Waals surface area contributed by atoms with E-state index in [-0.39, 0.29) is 17.7 Å². The summed E-state index contributed by atoms with van der Waals surface area (Å²) in [6, 6.07) is -1.12. The van der Waals surface area contributed by atoms with E-state index in [4.69, 9.17) is 5.73 Å². The predicted octanol–water partition coefficient (Wildman–Crippen LogP) is -0.185. The molecule has 0 spiro atoms. The lowest BCUT2D eigenvalue weighted by molar-refractivity contribution is -0.130. The first-order valence-corrected chi connectivity index (χ1v) is 6.97. The first-order chi connectivity index (χ1) is 9.08. The molecule has 1 heterocycles. The van der Waals surface area contributed by atoms with Crippen LogP contribution in [0.3, 0.4) is 0 Å². The van der Waals surface area contributed by atoms with Crippen LogP contribution in [0.2, 0.25) is 0 Å². The highest BCUT2D eigenvalue weighted by molar-refractivity contribution is 5.93. The Morgan fingerprint density at radius 1 is 1.21 bits per heavy atom. The van der Waals surface area contributed by atoms with E-state index in [1.807, 2.05) is 0 Å². The van der Waals surface area contributed by atoms with Crippen LogP contribution < -0.4 is 16.4 Å². The summed E-state index contributed by atoms with van der Waals surface area (Å²) in [4.78, 5) is 34.6. The Morgan fingerprint density at radius 3 is 2.42 bits per heavy atom. The van der Waals surface area contributed by atoms with Gasteiger partial charge in [-0.05, 0) is 25.2 Å². The van der Waals surface area contributed by atoms with Crippen LogP contribution in [-0.2, 0) is 14.4 Å². The third-order valence-electron chi connectivity index (χ3n) is 4.04. The Kier molecular flexibility index (Phi) is 4.39. The van der Waals surface area contributed by atoms with Gasteiger partial charge in [0.25, 0.3) is 0 Å². The van der Waals surface area contributed by atoms with Crippen molar-refractivity contribution >= 4 is 17.7 Å². The molecule has 0 radical (unpaired) electrons. The number of hydrogen-bond acceptors (Lipinski definition) is 3. The molecule has 0 aromatic rings. The first-order valence-electron chi connectivity index (χ1n) is 6.97. The van der Waals surface area contributed by atoms with Gasteiger partial charge < -0.3 is 16.4 Å². The number of carbonyl (C=O) groups is 3. The molecule has 1 saturated heterocycles. The van der Waals surface area contributed by atoms with Crippen molar-refractivity contribution in [2.45, 2.75) is 57.0 Å². The zero-order valence-electron chi connectivity index (χ0n) is 11.0. The van der Waals surface area contributed by atoms with Crippen molar-refractivity contribution in [3.63, 3.8) is 0 Å². The van der Waals surface area contributed by atoms with E-state index in [1.165, 1.54) is 6.42 Å². The van der Waals surface area contributed by atoms with E-state index in [9.17, 15) is 14.4 Å². The Labute approximate surface area is 112 Å².